The van der Waals surface area contributed by atoms with Crippen molar-refractivity contribution in [2.45, 2.75) is 37.2 Å². The third-order valence-corrected chi connectivity index (χ3v) is 4.78. The topological polar surface area (TPSA) is 64.1 Å². The van der Waals surface area contributed by atoms with Crippen molar-refractivity contribution in [2.24, 2.45) is 0 Å². The van der Waals surface area contributed by atoms with E-state index in [4.69, 9.17) is 4.74 Å². The first kappa shape index (κ1) is 19.9. The van der Waals surface area contributed by atoms with Crippen LogP contribution in [0.25, 0.3) is 0 Å². The van der Waals surface area contributed by atoms with Crippen molar-refractivity contribution in [1.82, 2.24) is 9.97 Å². The van der Waals surface area contributed by atoms with Crippen molar-refractivity contribution < 1.29 is 9.53 Å². The zero-order valence-corrected chi connectivity index (χ0v) is 17.0. The third-order valence-electron chi connectivity index (χ3n) is 3.91. The molecule has 0 saturated heterocycles. The summed E-state index contributed by atoms with van der Waals surface area (Å²) in [6.45, 7) is 6.49. The first-order valence-corrected chi connectivity index (χ1v) is 9.95. The van der Waals surface area contributed by atoms with E-state index in [2.05, 4.69) is 15.3 Å². The molecule has 5 nitrogen and oxygen atoms in total. The molecule has 1 heterocycles. The quantitative estimate of drug-likeness (QED) is 0.583. The zero-order chi connectivity index (χ0) is 19.9. The maximum Gasteiger partial charge on any atom is 0.228 e. The van der Waals surface area contributed by atoms with Crippen LogP contribution in [-0.2, 0) is 11.2 Å². The lowest BCUT2D eigenvalue weighted by Gasteiger charge is -2.08. The van der Waals surface area contributed by atoms with Gasteiger partial charge in [-0.25, -0.2) is 9.97 Å². The predicted octanol–water partition coefficient (Wildman–Crippen LogP) is 4.82. The van der Waals surface area contributed by atoms with Crippen molar-refractivity contribution in [3.63, 3.8) is 0 Å². The number of amides is 1. The number of ether oxygens (including phenoxy) is 1. The number of carbonyl (C=O) groups excluding carboxylic acids is 1. The second kappa shape index (κ2) is 9.37. The van der Waals surface area contributed by atoms with Crippen LogP contribution in [0.2, 0.25) is 0 Å². The minimum atomic E-state index is -0.0535. The summed E-state index contributed by atoms with van der Waals surface area (Å²) in [5, 5.41) is 3.66. The molecule has 1 N–H and O–H groups in total. The third kappa shape index (κ3) is 5.82. The first-order chi connectivity index (χ1) is 13.5. The van der Waals surface area contributed by atoms with E-state index in [9.17, 15) is 4.79 Å². The summed E-state index contributed by atoms with van der Waals surface area (Å²) in [6.07, 6.45) is 0.319. The second-order valence-electron chi connectivity index (χ2n) is 6.36. The number of rotatable bonds is 7. The molecule has 1 amide bonds. The van der Waals surface area contributed by atoms with Gasteiger partial charge in [0.2, 0.25) is 5.91 Å². The number of hydrogen-bond donors (Lipinski definition) is 1. The van der Waals surface area contributed by atoms with Crippen LogP contribution in [0.1, 0.15) is 23.9 Å². The highest BCUT2D eigenvalue weighted by molar-refractivity contribution is 7.99. The Bertz CT molecular complexity index is 921. The van der Waals surface area contributed by atoms with Crippen LogP contribution < -0.4 is 10.1 Å². The number of benzene rings is 2. The minimum Gasteiger partial charge on any atom is -0.494 e. The fourth-order valence-electron chi connectivity index (χ4n) is 2.71. The van der Waals surface area contributed by atoms with Gasteiger partial charge in [-0.2, -0.15) is 0 Å². The summed E-state index contributed by atoms with van der Waals surface area (Å²) >= 11 is 1.50. The molecule has 0 spiro atoms. The molecular formula is C22H23N3O2S. The monoisotopic (exact) mass is 393 g/mol. The SMILES string of the molecule is CCOc1ccc(CC(=O)Nc2ccc(Sc3nc(C)cc(C)n3)cc2)cc1. The van der Waals surface area contributed by atoms with Crippen molar-refractivity contribution in [3.05, 3.63) is 71.5 Å². The number of carbonyl (C=O) groups is 1. The van der Waals surface area contributed by atoms with Crippen molar-refractivity contribution in [1.29, 1.82) is 0 Å². The molecule has 0 radical (unpaired) electrons. The van der Waals surface area contributed by atoms with Gasteiger partial charge in [-0.1, -0.05) is 12.1 Å². The van der Waals surface area contributed by atoms with Gasteiger partial charge in [-0.3, -0.25) is 4.79 Å². The van der Waals surface area contributed by atoms with E-state index in [1.54, 1.807) is 0 Å². The van der Waals surface area contributed by atoms with Gasteiger partial charge in [-0.05, 0) is 80.6 Å². The summed E-state index contributed by atoms with van der Waals surface area (Å²) in [5.41, 5.74) is 3.61. The molecule has 0 aliphatic rings. The van der Waals surface area contributed by atoms with E-state index in [1.807, 2.05) is 75.4 Å². The molecular weight excluding hydrogens is 370 g/mol. The number of nitrogens with one attached hydrogen (secondary N) is 1. The molecule has 1 aromatic heterocycles. The van der Waals surface area contributed by atoms with Crippen molar-refractivity contribution in [3.8, 4) is 5.75 Å². The van der Waals surface area contributed by atoms with E-state index in [1.165, 1.54) is 11.8 Å². The second-order valence-corrected chi connectivity index (χ2v) is 7.40. The molecule has 0 atom stereocenters. The number of aryl methyl sites for hydroxylation is 2. The smallest absolute Gasteiger partial charge is 0.228 e. The zero-order valence-electron chi connectivity index (χ0n) is 16.2. The molecule has 144 valence electrons. The number of aromatic nitrogens is 2. The maximum atomic E-state index is 12.3. The van der Waals surface area contributed by atoms with E-state index in [0.29, 0.717) is 13.0 Å². The van der Waals surface area contributed by atoms with Crippen LogP contribution in [0.4, 0.5) is 5.69 Å². The van der Waals surface area contributed by atoms with Gasteiger partial charge in [0, 0.05) is 22.0 Å². The fraction of sp³-hybridized carbons (Fsp3) is 0.227. The summed E-state index contributed by atoms with van der Waals surface area (Å²) in [7, 11) is 0. The van der Waals surface area contributed by atoms with Gasteiger partial charge in [0.25, 0.3) is 0 Å². The van der Waals surface area contributed by atoms with E-state index in [-0.39, 0.29) is 5.91 Å². The Hall–Kier alpha value is -2.86. The van der Waals surface area contributed by atoms with Gasteiger partial charge >= 0.3 is 0 Å². The van der Waals surface area contributed by atoms with Crippen LogP contribution in [0, 0.1) is 13.8 Å². The van der Waals surface area contributed by atoms with Crippen LogP contribution in [0.15, 0.2) is 64.6 Å². The predicted molar refractivity (Wildman–Crippen MR) is 112 cm³/mol. The summed E-state index contributed by atoms with van der Waals surface area (Å²) in [6, 6.07) is 17.2. The highest BCUT2D eigenvalue weighted by Crippen LogP contribution is 2.26. The Labute approximate surface area is 169 Å². The summed E-state index contributed by atoms with van der Waals surface area (Å²) in [5.74, 6) is 0.759. The number of hydrogen-bond acceptors (Lipinski definition) is 5. The lowest BCUT2D eigenvalue weighted by Crippen LogP contribution is -2.14. The Balaban J connectivity index is 1.56. The number of anilines is 1. The summed E-state index contributed by atoms with van der Waals surface area (Å²) in [4.78, 5) is 22.2. The molecule has 0 saturated carbocycles. The molecule has 3 rings (SSSR count). The normalized spacial score (nSPS) is 10.5. The highest BCUT2D eigenvalue weighted by atomic mass is 32.2. The van der Waals surface area contributed by atoms with Gasteiger partial charge in [0.15, 0.2) is 5.16 Å². The first-order valence-electron chi connectivity index (χ1n) is 9.13. The Morgan fingerprint density at radius 2 is 1.64 bits per heavy atom. The molecule has 0 fully saturated rings. The lowest BCUT2D eigenvalue weighted by atomic mass is 10.1. The van der Waals surface area contributed by atoms with Gasteiger partial charge < -0.3 is 10.1 Å². The molecule has 28 heavy (non-hydrogen) atoms. The van der Waals surface area contributed by atoms with E-state index < -0.39 is 0 Å². The average Bonchev–Trinajstić information content (AvgIpc) is 2.64. The van der Waals surface area contributed by atoms with Crippen molar-refractivity contribution >= 4 is 23.4 Å². The van der Waals surface area contributed by atoms with Gasteiger partial charge in [0.05, 0.1) is 13.0 Å². The fourth-order valence-corrected chi connectivity index (χ4v) is 3.57. The standard InChI is InChI=1S/C22H23N3O2S/c1-4-27-19-9-5-17(6-10-19)14-21(26)25-18-7-11-20(12-8-18)28-22-23-15(2)13-16(3)24-22/h5-13H,4,14H2,1-3H3,(H,25,26). The van der Waals surface area contributed by atoms with Crippen molar-refractivity contribution in [2.75, 3.05) is 11.9 Å². The van der Waals surface area contributed by atoms with E-state index >= 15 is 0 Å². The van der Waals surface area contributed by atoms with Gasteiger partial charge in [0.1, 0.15) is 5.75 Å². The lowest BCUT2D eigenvalue weighted by molar-refractivity contribution is -0.115. The number of nitrogens with zero attached hydrogens (tertiary/aromatic N) is 2. The van der Waals surface area contributed by atoms with Crippen LogP contribution in [0.3, 0.4) is 0 Å². The summed E-state index contributed by atoms with van der Waals surface area (Å²) < 4.78 is 5.42. The van der Waals surface area contributed by atoms with Crippen LogP contribution in [-0.4, -0.2) is 22.5 Å². The maximum absolute atomic E-state index is 12.3. The van der Waals surface area contributed by atoms with E-state index in [0.717, 1.165) is 38.4 Å². The van der Waals surface area contributed by atoms with Gasteiger partial charge in [-0.15, -0.1) is 0 Å². The average molecular weight is 394 g/mol. The van der Waals surface area contributed by atoms with Crippen LogP contribution in [0.5, 0.6) is 5.75 Å². The molecule has 0 bridgehead atoms. The molecule has 3 aromatic rings. The molecule has 0 aliphatic carbocycles. The highest BCUT2D eigenvalue weighted by Gasteiger charge is 2.06. The Morgan fingerprint density at radius 1 is 1.00 bits per heavy atom. The Kier molecular flexibility index (Phi) is 6.66. The minimum absolute atomic E-state index is 0.0535. The molecule has 0 unspecified atom stereocenters. The molecule has 6 heteroatoms. The molecule has 0 aliphatic heterocycles. The largest absolute Gasteiger partial charge is 0.494 e. The molecule has 2 aromatic carbocycles. The van der Waals surface area contributed by atoms with Crippen LogP contribution >= 0.6 is 11.8 Å². The Morgan fingerprint density at radius 3 is 2.25 bits per heavy atom.